The van der Waals surface area contributed by atoms with Crippen molar-refractivity contribution in [3.8, 4) is 0 Å². The van der Waals surface area contributed by atoms with Crippen LogP contribution in [0.5, 0.6) is 0 Å². The monoisotopic (exact) mass is 201 g/mol. The Labute approximate surface area is 89.3 Å². The lowest BCUT2D eigenvalue weighted by atomic mass is 9.86. The van der Waals surface area contributed by atoms with E-state index in [0.29, 0.717) is 5.92 Å². The molecule has 1 atom stereocenters. The number of nitrogens with zero attached hydrogens (tertiary/aromatic N) is 1. The number of likely N-dealkylation sites (N-methyl/N-ethyl adjacent to an activating group) is 1. The van der Waals surface area contributed by atoms with Gasteiger partial charge < -0.3 is 10.0 Å². The Balaban J connectivity index is 4.24. The lowest BCUT2D eigenvalue weighted by molar-refractivity contribution is 0.00151. The van der Waals surface area contributed by atoms with Crippen molar-refractivity contribution in [2.45, 2.75) is 58.6 Å². The molecule has 0 radical (unpaired) electrons. The minimum Gasteiger partial charge on any atom is -0.391 e. The van der Waals surface area contributed by atoms with E-state index >= 15 is 0 Å². The molecule has 0 rings (SSSR count). The highest BCUT2D eigenvalue weighted by molar-refractivity contribution is 4.86. The highest BCUT2D eigenvalue weighted by Crippen LogP contribution is 2.24. The summed E-state index contributed by atoms with van der Waals surface area (Å²) >= 11 is 0. The van der Waals surface area contributed by atoms with E-state index in [9.17, 15) is 5.11 Å². The van der Waals surface area contributed by atoms with E-state index in [4.69, 9.17) is 0 Å². The van der Waals surface area contributed by atoms with Crippen molar-refractivity contribution >= 4 is 0 Å². The summed E-state index contributed by atoms with van der Waals surface area (Å²) in [5.74, 6) is 0.657. The number of hydrogen-bond donors (Lipinski definition) is 1. The molecule has 0 aliphatic rings. The predicted octanol–water partition coefficient (Wildman–Crippen LogP) is 2.51. The van der Waals surface area contributed by atoms with E-state index in [0.717, 1.165) is 19.3 Å². The zero-order valence-corrected chi connectivity index (χ0v) is 10.7. The van der Waals surface area contributed by atoms with Gasteiger partial charge in [-0.25, -0.2) is 0 Å². The molecule has 2 heteroatoms. The van der Waals surface area contributed by atoms with Crippen molar-refractivity contribution in [2.75, 3.05) is 14.1 Å². The summed E-state index contributed by atoms with van der Waals surface area (Å²) in [5, 5.41) is 10.1. The van der Waals surface area contributed by atoms with Gasteiger partial charge in [-0.2, -0.15) is 0 Å². The Hall–Kier alpha value is -0.0800. The molecule has 2 nitrogen and oxygen atoms in total. The first kappa shape index (κ1) is 13.9. The summed E-state index contributed by atoms with van der Waals surface area (Å²) in [4.78, 5) is 2.10. The van der Waals surface area contributed by atoms with Crippen LogP contribution in [0, 0.1) is 5.92 Å². The van der Waals surface area contributed by atoms with E-state index in [1.165, 1.54) is 0 Å². The molecule has 86 valence electrons. The second-order valence-electron chi connectivity index (χ2n) is 4.98. The summed E-state index contributed by atoms with van der Waals surface area (Å²) in [6.07, 6.45) is 3.01. The van der Waals surface area contributed by atoms with Gasteiger partial charge in [-0.3, -0.25) is 0 Å². The molecule has 0 heterocycles. The fourth-order valence-electron chi connectivity index (χ4n) is 1.52. The molecule has 0 spiro atoms. The van der Waals surface area contributed by atoms with E-state index < -0.39 is 0 Å². The molecule has 0 aromatic carbocycles. The van der Waals surface area contributed by atoms with Gasteiger partial charge in [0, 0.05) is 5.54 Å². The van der Waals surface area contributed by atoms with Gasteiger partial charge in [0.25, 0.3) is 0 Å². The second kappa shape index (κ2) is 5.72. The summed E-state index contributed by atoms with van der Waals surface area (Å²) in [5.41, 5.74) is -0.122. The Morgan fingerprint density at radius 1 is 1.14 bits per heavy atom. The first-order valence-electron chi connectivity index (χ1n) is 5.71. The summed E-state index contributed by atoms with van der Waals surface area (Å²) in [6.45, 7) is 8.59. The largest absolute Gasteiger partial charge is 0.391 e. The first-order chi connectivity index (χ1) is 6.36. The van der Waals surface area contributed by atoms with Crippen LogP contribution in [0.4, 0.5) is 0 Å². The fraction of sp³-hybridized carbons (Fsp3) is 1.00. The lowest BCUT2D eigenvalue weighted by Gasteiger charge is -2.38. The quantitative estimate of drug-likeness (QED) is 0.714. The summed E-state index contributed by atoms with van der Waals surface area (Å²) in [7, 11) is 4.05. The van der Waals surface area contributed by atoms with Gasteiger partial charge in [0.15, 0.2) is 0 Å². The minimum absolute atomic E-state index is 0.122. The average Bonchev–Trinajstić information content (AvgIpc) is 2.13. The maximum Gasteiger partial charge on any atom is 0.0720 e. The van der Waals surface area contributed by atoms with Crippen molar-refractivity contribution in [1.29, 1.82) is 0 Å². The molecule has 0 aliphatic heterocycles. The highest BCUT2D eigenvalue weighted by Gasteiger charge is 2.30. The van der Waals surface area contributed by atoms with E-state index in [-0.39, 0.29) is 11.6 Å². The van der Waals surface area contributed by atoms with Crippen molar-refractivity contribution in [3.63, 3.8) is 0 Å². The number of aliphatic hydroxyl groups is 1. The number of hydrogen-bond acceptors (Lipinski definition) is 2. The minimum atomic E-state index is -0.234. The third-order valence-electron chi connectivity index (χ3n) is 3.68. The third-order valence-corrected chi connectivity index (χ3v) is 3.68. The highest BCUT2D eigenvalue weighted by atomic mass is 16.3. The molecule has 0 aromatic heterocycles. The topological polar surface area (TPSA) is 23.5 Å². The zero-order valence-electron chi connectivity index (χ0n) is 10.7. The van der Waals surface area contributed by atoms with Crippen LogP contribution in [0.3, 0.4) is 0 Å². The van der Waals surface area contributed by atoms with Gasteiger partial charge in [-0.05, 0) is 40.3 Å². The maximum atomic E-state index is 10.1. The zero-order chi connectivity index (χ0) is 11.4. The van der Waals surface area contributed by atoms with Gasteiger partial charge in [-0.15, -0.1) is 0 Å². The second-order valence-corrected chi connectivity index (χ2v) is 4.98. The molecule has 0 amide bonds. The van der Waals surface area contributed by atoms with Gasteiger partial charge in [0.1, 0.15) is 0 Å². The first-order valence-corrected chi connectivity index (χ1v) is 5.71. The van der Waals surface area contributed by atoms with Crippen LogP contribution < -0.4 is 0 Å². The van der Waals surface area contributed by atoms with Crippen molar-refractivity contribution < 1.29 is 5.11 Å². The van der Waals surface area contributed by atoms with E-state index in [1.54, 1.807) is 0 Å². The maximum absolute atomic E-state index is 10.1. The van der Waals surface area contributed by atoms with Crippen LogP contribution in [-0.4, -0.2) is 35.7 Å². The molecule has 0 aliphatic carbocycles. The third kappa shape index (κ3) is 3.58. The molecule has 0 saturated carbocycles. The van der Waals surface area contributed by atoms with Crippen molar-refractivity contribution in [2.24, 2.45) is 5.92 Å². The molecule has 0 bridgehead atoms. The lowest BCUT2D eigenvalue weighted by Crippen LogP contribution is -2.49. The Morgan fingerprint density at radius 2 is 1.57 bits per heavy atom. The van der Waals surface area contributed by atoms with Gasteiger partial charge in [-0.1, -0.05) is 26.7 Å². The van der Waals surface area contributed by atoms with Gasteiger partial charge >= 0.3 is 0 Å². The number of aliphatic hydroxyl groups excluding tert-OH is 1. The van der Waals surface area contributed by atoms with Gasteiger partial charge in [0.2, 0.25) is 0 Å². The summed E-state index contributed by atoms with van der Waals surface area (Å²) < 4.78 is 0. The van der Waals surface area contributed by atoms with Crippen molar-refractivity contribution in [1.82, 2.24) is 4.90 Å². The van der Waals surface area contributed by atoms with Crippen LogP contribution in [-0.2, 0) is 0 Å². The molecule has 14 heavy (non-hydrogen) atoms. The van der Waals surface area contributed by atoms with E-state index in [1.807, 2.05) is 14.1 Å². The average molecular weight is 201 g/mol. The molecule has 0 saturated heterocycles. The Morgan fingerprint density at radius 3 is 1.86 bits per heavy atom. The number of rotatable bonds is 6. The van der Waals surface area contributed by atoms with Crippen LogP contribution in [0.15, 0.2) is 0 Å². The van der Waals surface area contributed by atoms with Gasteiger partial charge in [0.05, 0.1) is 6.10 Å². The Kier molecular flexibility index (Phi) is 5.68. The van der Waals surface area contributed by atoms with Crippen LogP contribution in [0.2, 0.25) is 0 Å². The molecular formula is C12H27NO. The van der Waals surface area contributed by atoms with E-state index in [2.05, 4.69) is 32.6 Å². The Bertz CT molecular complexity index is 150. The standard InChI is InChI=1S/C12H27NO/c1-7-10(8-2)9-11(14)12(3,4)13(5)6/h10-11,14H,7-9H2,1-6H3. The SMILES string of the molecule is CCC(CC)CC(O)C(C)(C)N(C)C. The molecular weight excluding hydrogens is 174 g/mol. The molecule has 0 fully saturated rings. The summed E-state index contributed by atoms with van der Waals surface area (Å²) in [6, 6.07) is 0. The normalized spacial score (nSPS) is 15.2. The van der Waals surface area contributed by atoms with Crippen molar-refractivity contribution in [3.05, 3.63) is 0 Å². The van der Waals surface area contributed by atoms with Crippen LogP contribution >= 0.6 is 0 Å². The van der Waals surface area contributed by atoms with Crippen LogP contribution in [0.25, 0.3) is 0 Å². The predicted molar refractivity (Wildman–Crippen MR) is 62.5 cm³/mol. The van der Waals surface area contributed by atoms with Crippen LogP contribution in [0.1, 0.15) is 47.0 Å². The molecule has 1 unspecified atom stereocenters. The smallest absolute Gasteiger partial charge is 0.0720 e. The molecule has 1 N–H and O–H groups in total. The molecule has 0 aromatic rings. The fourth-order valence-corrected chi connectivity index (χ4v) is 1.52.